The van der Waals surface area contributed by atoms with E-state index in [2.05, 4.69) is 20.5 Å². The van der Waals surface area contributed by atoms with Gasteiger partial charge in [0.25, 0.3) is 5.91 Å². The first-order chi connectivity index (χ1) is 15.6. The summed E-state index contributed by atoms with van der Waals surface area (Å²) in [6, 6.07) is 17.9. The van der Waals surface area contributed by atoms with E-state index in [0.29, 0.717) is 23.6 Å². The Morgan fingerprint density at radius 2 is 1.94 bits per heavy atom. The second-order valence-corrected chi connectivity index (χ2v) is 7.47. The van der Waals surface area contributed by atoms with Crippen LogP contribution in [0, 0.1) is 12.7 Å². The number of rotatable bonds is 5. The minimum atomic E-state index is -0.357. The van der Waals surface area contributed by atoms with Gasteiger partial charge in [-0.1, -0.05) is 42.0 Å². The van der Waals surface area contributed by atoms with Crippen LogP contribution in [0.1, 0.15) is 21.5 Å². The molecule has 1 N–H and O–H groups in total. The topological polar surface area (TPSA) is 77.1 Å². The number of hydrogen-bond donors (Lipinski definition) is 1. The van der Waals surface area contributed by atoms with E-state index in [9.17, 15) is 9.18 Å². The molecule has 0 spiro atoms. The Labute approximate surface area is 183 Å². The molecular formula is C24H19FN6O. The number of aromatic nitrogens is 5. The van der Waals surface area contributed by atoms with Crippen LogP contribution in [0.15, 0.2) is 79.3 Å². The number of carbonyl (C=O) groups is 1. The lowest BCUT2D eigenvalue weighted by Crippen LogP contribution is -2.13. The molecule has 1 amide bonds. The number of nitrogens with zero attached hydrogens (tertiary/aromatic N) is 5. The summed E-state index contributed by atoms with van der Waals surface area (Å²) in [6.45, 7) is 2.42. The van der Waals surface area contributed by atoms with Crippen molar-refractivity contribution in [3.63, 3.8) is 0 Å². The molecule has 3 aromatic heterocycles. The number of nitrogens with one attached hydrogen (secondary N) is 1. The number of fused-ring (bicyclic) bond motifs is 1. The van der Waals surface area contributed by atoms with Gasteiger partial charge >= 0.3 is 0 Å². The monoisotopic (exact) mass is 426 g/mol. The molecule has 0 fully saturated rings. The van der Waals surface area contributed by atoms with Gasteiger partial charge in [-0.3, -0.25) is 9.48 Å². The van der Waals surface area contributed by atoms with E-state index >= 15 is 0 Å². The van der Waals surface area contributed by atoms with Crippen LogP contribution >= 0.6 is 0 Å². The van der Waals surface area contributed by atoms with Gasteiger partial charge in [-0.15, -0.1) is 0 Å². The first-order valence-electron chi connectivity index (χ1n) is 10.1. The van der Waals surface area contributed by atoms with Gasteiger partial charge < -0.3 is 5.32 Å². The summed E-state index contributed by atoms with van der Waals surface area (Å²) in [6.07, 6.45) is 4.89. The summed E-state index contributed by atoms with van der Waals surface area (Å²) in [7, 11) is 0. The quantitative estimate of drug-likeness (QED) is 0.454. The highest BCUT2D eigenvalue weighted by molar-refractivity contribution is 6.07. The lowest BCUT2D eigenvalue weighted by molar-refractivity contribution is 0.102. The molecule has 7 nitrogen and oxygen atoms in total. The molecule has 0 bridgehead atoms. The highest BCUT2D eigenvalue weighted by Gasteiger charge is 2.17. The molecule has 0 aliphatic heterocycles. The Hall–Kier alpha value is -4.33. The molecule has 0 aliphatic carbocycles. The minimum Gasteiger partial charge on any atom is -0.305 e. The number of benzene rings is 2. The van der Waals surface area contributed by atoms with Gasteiger partial charge in [-0.25, -0.2) is 13.9 Å². The second-order valence-electron chi connectivity index (χ2n) is 7.47. The normalized spacial score (nSPS) is 11.1. The maximum absolute atomic E-state index is 13.4. The van der Waals surface area contributed by atoms with Crippen molar-refractivity contribution in [1.29, 1.82) is 0 Å². The van der Waals surface area contributed by atoms with Gasteiger partial charge in [0.1, 0.15) is 11.4 Å². The van der Waals surface area contributed by atoms with E-state index in [-0.39, 0.29) is 11.7 Å². The fourth-order valence-electron chi connectivity index (χ4n) is 3.52. The molecule has 158 valence electrons. The Morgan fingerprint density at radius 3 is 2.75 bits per heavy atom. The van der Waals surface area contributed by atoms with E-state index in [0.717, 1.165) is 22.4 Å². The Balaban J connectivity index is 1.37. The third kappa shape index (κ3) is 3.85. The standard InChI is InChI=1S/C24H19FN6O/c1-16-5-7-18(8-6-16)21-9-11-26-23-20(14-27-31(21)23)24(32)28-22-10-12-30(29-22)15-17-3-2-4-19(25)13-17/h2-14H,15H2,1H3,(H,28,29,32). The van der Waals surface area contributed by atoms with Crippen molar-refractivity contribution in [2.24, 2.45) is 0 Å². The second kappa shape index (κ2) is 8.07. The predicted octanol–water partition coefficient (Wildman–Crippen LogP) is 4.34. The molecule has 0 atom stereocenters. The van der Waals surface area contributed by atoms with Crippen molar-refractivity contribution in [3.8, 4) is 11.3 Å². The van der Waals surface area contributed by atoms with Crippen molar-refractivity contribution in [3.05, 3.63) is 102 Å². The van der Waals surface area contributed by atoms with Crippen LogP contribution in [0.2, 0.25) is 0 Å². The minimum absolute atomic E-state index is 0.297. The predicted molar refractivity (Wildman–Crippen MR) is 119 cm³/mol. The number of hydrogen-bond acceptors (Lipinski definition) is 4. The van der Waals surface area contributed by atoms with Crippen LogP contribution in [0.4, 0.5) is 10.2 Å². The summed E-state index contributed by atoms with van der Waals surface area (Å²) >= 11 is 0. The zero-order chi connectivity index (χ0) is 22.1. The van der Waals surface area contributed by atoms with Crippen LogP contribution in [-0.2, 0) is 6.54 Å². The highest BCUT2D eigenvalue weighted by atomic mass is 19.1. The van der Waals surface area contributed by atoms with Crippen LogP contribution in [0.25, 0.3) is 16.9 Å². The van der Waals surface area contributed by atoms with Gasteiger partial charge in [0, 0.05) is 24.0 Å². The largest absolute Gasteiger partial charge is 0.305 e. The van der Waals surface area contributed by atoms with Crippen molar-refractivity contribution >= 4 is 17.4 Å². The first kappa shape index (κ1) is 19.6. The summed E-state index contributed by atoms with van der Waals surface area (Å²) in [5.74, 6) is -0.265. The van der Waals surface area contributed by atoms with Crippen molar-refractivity contribution in [1.82, 2.24) is 24.4 Å². The third-order valence-electron chi connectivity index (χ3n) is 5.11. The Morgan fingerprint density at radius 1 is 1.09 bits per heavy atom. The van der Waals surface area contributed by atoms with E-state index in [1.807, 2.05) is 43.3 Å². The molecule has 5 rings (SSSR count). The molecular weight excluding hydrogens is 407 g/mol. The number of carbonyl (C=O) groups excluding carboxylic acids is 1. The zero-order valence-corrected chi connectivity index (χ0v) is 17.2. The van der Waals surface area contributed by atoms with Crippen LogP contribution in [-0.4, -0.2) is 30.3 Å². The molecule has 0 saturated carbocycles. The van der Waals surface area contributed by atoms with E-state index in [1.165, 1.54) is 18.3 Å². The SMILES string of the molecule is Cc1ccc(-c2ccnc3c(C(=O)Nc4ccn(Cc5cccc(F)c5)n4)cnn23)cc1. The van der Waals surface area contributed by atoms with Crippen LogP contribution in [0.5, 0.6) is 0 Å². The number of anilines is 1. The molecule has 5 aromatic rings. The molecule has 0 aliphatic rings. The summed E-state index contributed by atoms with van der Waals surface area (Å²) in [4.78, 5) is 17.2. The van der Waals surface area contributed by atoms with Crippen LogP contribution < -0.4 is 5.32 Å². The molecule has 0 radical (unpaired) electrons. The maximum atomic E-state index is 13.4. The molecule has 2 aromatic carbocycles. The number of halogens is 1. The third-order valence-corrected chi connectivity index (χ3v) is 5.11. The number of aryl methyl sites for hydroxylation is 1. The van der Waals surface area contributed by atoms with Gasteiger partial charge in [0.15, 0.2) is 11.5 Å². The van der Waals surface area contributed by atoms with E-state index in [1.54, 1.807) is 33.7 Å². The van der Waals surface area contributed by atoms with Crippen molar-refractivity contribution < 1.29 is 9.18 Å². The zero-order valence-electron chi connectivity index (χ0n) is 17.2. The summed E-state index contributed by atoms with van der Waals surface area (Å²) in [5.41, 5.74) is 4.57. The van der Waals surface area contributed by atoms with Crippen LogP contribution in [0.3, 0.4) is 0 Å². The van der Waals surface area contributed by atoms with E-state index < -0.39 is 0 Å². The van der Waals surface area contributed by atoms with Gasteiger partial charge in [-0.2, -0.15) is 10.2 Å². The summed E-state index contributed by atoms with van der Waals surface area (Å²) in [5, 5.41) is 11.5. The van der Waals surface area contributed by atoms with Crippen molar-refractivity contribution in [2.45, 2.75) is 13.5 Å². The van der Waals surface area contributed by atoms with Crippen molar-refractivity contribution in [2.75, 3.05) is 5.32 Å². The molecule has 32 heavy (non-hydrogen) atoms. The smallest absolute Gasteiger partial charge is 0.262 e. The molecule has 3 heterocycles. The Bertz CT molecular complexity index is 1420. The van der Waals surface area contributed by atoms with E-state index in [4.69, 9.17) is 0 Å². The summed E-state index contributed by atoms with van der Waals surface area (Å²) < 4.78 is 16.7. The average molecular weight is 426 g/mol. The van der Waals surface area contributed by atoms with Gasteiger partial charge in [0.2, 0.25) is 0 Å². The fraction of sp³-hybridized carbons (Fsp3) is 0.0833. The lowest BCUT2D eigenvalue weighted by Gasteiger charge is -2.06. The highest BCUT2D eigenvalue weighted by Crippen LogP contribution is 2.22. The van der Waals surface area contributed by atoms with Gasteiger partial charge in [0.05, 0.1) is 18.4 Å². The average Bonchev–Trinajstić information content (AvgIpc) is 3.41. The fourth-order valence-corrected chi connectivity index (χ4v) is 3.52. The number of amides is 1. The first-order valence-corrected chi connectivity index (χ1v) is 10.1. The molecule has 8 heteroatoms. The Kier molecular flexibility index (Phi) is 4.95. The molecule has 0 saturated heterocycles. The molecule has 0 unspecified atom stereocenters. The van der Waals surface area contributed by atoms with Gasteiger partial charge in [-0.05, 0) is 30.7 Å². The lowest BCUT2D eigenvalue weighted by atomic mass is 10.1. The maximum Gasteiger partial charge on any atom is 0.262 e.